The number of nitrogens with one attached hydrogen (secondary N) is 1. The number of hydrogen-bond acceptors (Lipinski definition) is 5. The highest BCUT2D eigenvalue weighted by molar-refractivity contribution is 7.17. The van der Waals surface area contributed by atoms with Crippen molar-refractivity contribution in [3.63, 3.8) is 0 Å². The molecule has 3 rings (SSSR count). The van der Waals surface area contributed by atoms with Crippen LogP contribution in [0.1, 0.15) is 59.5 Å². The van der Waals surface area contributed by atoms with Crippen LogP contribution in [0.2, 0.25) is 0 Å². The second kappa shape index (κ2) is 10.8. The van der Waals surface area contributed by atoms with Gasteiger partial charge in [0.1, 0.15) is 10.8 Å². The molecule has 1 aromatic carbocycles. The van der Waals surface area contributed by atoms with E-state index in [1.54, 1.807) is 0 Å². The zero-order valence-electron chi connectivity index (χ0n) is 17.7. The lowest BCUT2D eigenvalue weighted by Gasteiger charge is -2.26. The highest BCUT2D eigenvalue weighted by Crippen LogP contribution is 2.37. The van der Waals surface area contributed by atoms with Crippen molar-refractivity contribution in [3.05, 3.63) is 45.8 Å². The summed E-state index contributed by atoms with van der Waals surface area (Å²) in [7, 11) is 0. The molecular weight excluding hydrogens is 422 g/mol. The average molecular weight is 452 g/mol. The molecule has 1 aromatic heterocycles. The number of anilines is 1. The van der Waals surface area contributed by atoms with Crippen LogP contribution < -0.4 is 15.8 Å². The summed E-state index contributed by atoms with van der Waals surface area (Å²) in [5.41, 5.74) is 8.28. The molecule has 6 nitrogen and oxygen atoms in total. The van der Waals surface area contributed by atoms with Crippen LogP contribution in [0, 0.1) is 0 Å². The molecule has 2 heterocycles. The summed E-state index contributed by atoms with van der Waals surface area (Å²) in [6.45, 7) is 9.01. The molecule has 2 aromatic rings. The average Bonchev–Trinajstić information content (AvgIpc) is 3.04. The zero-order chi connectivity index (χ0) is 21.0. The number of thiophene rings is 1. The molecule has 30 heavy (non-hydrogen) atoms. The Balaban J connectivity index is 0.00000320. The maximum absolute atomic E-state index is 12.4. The number of carbonyl (C=O) groups excluding carboxylic acids is 2. The number of hydrogen-bond donors (Lipinski definition) is 2. The molecule has 0 fully saturated rings. The van der Waals surface area contributed by atoms with E-state index < -0.39 is 5.91 Å². The van der Waals surface area contributed by atoms with Crippen LogP contribution in [0.3, 0.4) is 0 Å². The minimum absolute atomic E-state index is 0. The minimum Gasteiger partial charge on any atom is -0.484 e. The number of fused-ring (bicyclic) bond motifs is 1. The van der Waals surface area contributed by atoms with E-state index >= 15 is 0 Å². The van der Waals surface area contributed by atoms with E-state index in [9.17, 15) is 9.59 Å². The second-order valence-corrected chi connectivity index (χ2v) is 8.76. The van der Waals surface area contributed by atoms with Gasteiger partial charge in [0.15, 0.2) is 6.61 Å². The highest BCUT2D eigenvalue weighted by Gasteiger charge is 2.27. The van der Waals surface area contributed by atoms with Crippen molar-refractivity contribution in [2.75, 3.05) is 25.0 Å². The van der Waals surface area contributed by atoms with E-state index in [0.717, 1.165) is 42.9 Å². The third kappa shape index (κ3) is 5.74. The summed E-state index contributed by atoms with van der Waals surface area (Å²) in [5.74, 6) is 0.286. The van der Waals surface area contributed by atoms with E-state index in [1.165, 1.54) is 16.9 Å². The van der Waals surface area contributed by atoms with Crippen LogP contribution in [0.4, 0.5) is 5.00 Å². The number of nitrogens with two attached hydrogens (primary N) is 1. The van der Waals surface area contributed by atoms with Crippen LogP contribution in [0.15, 0.2) is 24.3 Å². The molecule has 0 bridgehead atoms. The van der Waals surface area contributed by atoms with E-state index in [-0.39, 0.29) is 24.9 Å². The number of nitrogens with zero attached hydrogens (tertiary/aromatic N) is 1. The van der Waals surface area contributed by atoms with Gasteiger partial charge in [-0.05, 0) is 48.6 Å². The van der Waals surface area contributed by atoms with Crippen molar-refractivity contribution >= 4 is 40.6 Å². The van der Waals surface area contributed by atoms with Gasteiger partial charge in [0, 0.05) is 18.0 Å². The fourth-order valence-electron chi connectivity index (χ4n) is 3.57. The Kier molecular flexibility index (Phi) is 8.70. The molecule has 0 atom stereocenters. The van der Waals surface area contributed by atoms with E-state index in [2.05, 4.69) is 31.0 Å². The largest absolute Gasteiger partial charge is 0.484 e. The van der Waals surface area contributed by atoms with Gasteiger partial charge in [-0.3, -0.25) is 14.5 Å². The lowest BCUT2D eigenvalue weighted by atomic mass is 10.0. The highest BCUT2D eigenvalue weighted by atomic mass is 35.5. The molecule has 0 saturated heterocycles. The molecule has 8 heteroatoms. The fraction of sp³-hybridized carbons (Fsp3) is 0.455. The van der Waals surface area contributed by atoms with Crippen molar-refractivity contribution in [3.8, 4) is 5.75 Å². The second-order valence-electron chi connectivity index (χ2n) is 7.66. The predicted molar refractivity (Wildman–Crippen MR) is 124 cm³/mol. The summed E-state index contributed by atoms with van der Waals surface area (Å²) in [5, 5.41) is 3.36. The first-order chi connectivity index (χ1) is 13.9. The van der Waals surface area contributed by atoms with Crippen LogP contribution in [-0.2, 0) is 17.8 Å². The summed E-state index contributed by atoms with van der Waals surface area (Å²) >= 11 is 1.45. The molecule has 1 aliphatic rings. The molecular formula is C22H30ClN3O3S. The van der Waals surface area contributed by atoms with Gasteiger partial charge in [-0.1, -0.05) is 32.9 Å². The number of amides is 2. The third-order valence-corrected chi connectivity index (χ3v) is 6.22. The van der Waals surface area contributed by atoms with Crippen LogP contribution in [-0.4, -0.2) is 36.4 Å². The maximum atomic E-state index is 12.4. The Bertz CT molecular complexity index is 880. The standard InChI is InChI=1S/C22H29N3O3S.ClH/c1-4-10-25-11-9-17-18(12-25)29-22(20(17)21(23)27)24-19(26)13-28-16-7-5-15(6-8-16)14(2)3;/h5-8,14H,4,9-13H2,1-3H3,(H2,23,27)(H,24,26);1H. The number of primary amides is 1. The molecule has 0 saturated carbocycles. The number of rotatable bonds is 8. The molecule has 0 aliphatic carbocycles. The van der Waals surface area contributed by atoms with Crippen molar-refractivity contribution < 1.29 is 14.3 Å². The normalized spacial score (nSPS) is 13.5. The van der Waals surface area contributed by atoms with E-state index in [4.69, 9.17) is 10.5 Å². The molecule has 0 spiro atoms. The van der Waals surface area contributed by atoms with Gasteiger partial charge in [0.2, 0.25) is 0 Å². The number of carbonyl (C=O) groups is 2. The summed E-state index contributed by atoms with van der Waals surface area (Å²) in [4.78, 5) is 27.9. The number of benzene rings is 1. The Morgan fingerprint density at radius 3 is 2.57 bits per heavy atom. The van der Waals surface area contributed by atoms with Crippen molar-refractivity contribution in [1.29, 1.82) is 0 Å². The van der Waals surface area contributed by atoms with Crippen LogP contribution >= 0.6 is 23.7 Å². The predicted octanol–water partition coefficient (Wildman–Crippen LogP) is 4.18. The summed E-state index contributed by atoms with van der Waals surface area (Å²) in [6, 6.07) is 7.73. The molecule has 164 valence electrons. The fourth-order valence-corrected chi connectivity index (χ4v) is 4.88. The Morgan fingerprint density at radius 2 is 1.97 bits per heavy atom. The topological polar surface area (TPSA) is 84.7 Å². The lowest BCUT2D eigenvalue weighted by molar-refractivity contribution is -0.118. The SMILES string of the molecule is CCCN1CCc2c(sc(NC(=O)COc3ccc(C(C)C)cc3)c2C(N)=O)C1.Cl. The van der Waals surface area contributed by atoms with Gasteiger partial charge in [-0.25, -0.2) is 0 Å². The maximum Gasteiger partial charge on any atom is 0.262 e. The van der Waals surface area contributed by atoms with E-state index in [1.807, 2.05) is 24.3 Å². The molecule has 1 aliphatic heterocycles. The van der Waals surface area contributed by atoms with Crippen molar-refractivity contribution in [1.82, 2.24) is 4.90 Å². The van der Waals surface area contributed by atoms with Crippen molar-refractivity contribution in [2.45, 2.75) is 46.1 Å². The quantitative estimate of drug-likeness (QED) is 0.630. The zero-order valence-corrected chi connectivity index (χ0v) is 19.3. The van der Waals surface area contributed by atoms with Gasteiger partial charge in [-0.2, -0.15) is 0 Å². The molecule has 0 radical (unpaired) electrons. The van der Waals surface area contributed by atoms with Gasteiger partial charge >= 0.3 is 0 Å². The molecule has 2 amide bonds. The van der Waals surface area contributed by atoms with Gasteiger partial charge < -0.3 is 15.8 Å². The molecule has 3 N–H and O–H groups in total. The van der Waals surface area contributed by atoms with E-state index in [0.29, 0.717) is 22.2 Å². The first-order valence-electron chi connectivity index (χ1n) is 10.1. The van der Waals surface area contributed by atoms with Crippen molar-refractivity contribution in [2.24, 2.45) is 5.73 Å². The lowest BCUT2D eigenvalue weighted by Crippen LogP contribution is -2.31. The smallest absolute Gasteiger partial charge is 0.262 e. The Hall–Kier alpha value is -2.09. The number of ether oxygens (including phenoxy) is 1. The summed E-state index contributed by atoms with van der Waals surface area (Å²) < 4.78 is 5.59. The first-order valence-corrected chi connectivity index (χ1v) is 10.9. The summed E-state index contributed by atoms with van der Waals surface area (Å²) in [6.07, 6.45) is 1.86. The minimum atomic E-state index is -0.494. The van der Waals surface area contributed by atoms with Crippen LogP contribution in [0.25, 0.3) is 0 Å². The van der Waals surface area contributed by atoms with Gasteiger partial charge in [0.05, 0.1) is 5.56 Å². The van der Waals surface area contributed by atoms with Gasteiger partial charge in [0.25, 0.3) is 11.8 Å². The first kappa shape index (κ1) is 24.2. The third-order valence-electron chi connectivity index (χ3n) is 5.09. The van der Waals surface area contributed by atoms with Gasteiger partial charge in [-0.15, -0.1) is 23.7 Å². The monoisotopic (exact) mass is 451 g/mol. The Morgan fingerprint density at radius 1 is 1.27 bits per heavy atom. The Labute approximate surface area is 188 Å². The molecule has 0 unspecified atom stereocenters. The van der Waals surface area contributed by atoms with Crippen LogP contribution in [0.5, 0.6) is 5.75 Å². The number of halogens is 1.